The van der Waals surface area contributed by atoms with Crippen molar-refractivity contribution in [2.75, 3.05) is 5.32 Å². The summed E-state index contributed by atoms with van der Waals surface area (Å²) in [4.78, 5) is 18.1. The molecule has 0 bridgehead atoms. The van der Waals surface area contributed by atoms with Crippen LogP contribution in [0, 0.1) is 6.92 Å². The Morgan fingerprint density at radius 1 is 0.964 bits per heavy atom. The minimum Gasteiger partial charge on any atom is -0.321 e. The molecule has 1 heterocycles. The summed E-state index contributed by atoms with van der Waals surface area (Å²) in [6.07, 6.45) is 0. The van der Waals surface area contributed by atoms with Gasteiger partial charge in [-0.1, -0.05) is 54.1 Å². The first-order valence-electron chi connectivity index (χ1n) is 8.76. The summed E-state index contributed by atoms with van der Waals surface area (Å²) in [6.45, 7) is 1.93. The van der Waals surface area contributed by atoms with E-state index in [-0.39, 0.29) is 5.91 Å². The van der Waals surface area contributed by atoms with E-state index >= 15 is 0 Å². The van der Waals surface area contributed by atoms with Gasteiger partial charge in [-0.05, 0) is 58.7 Å². The second-order valence-corrected chi connectivity index (χ2v) is 7.71. The van der Waals surface area contributed by atoms with Gasteiger partial charge in [0, 0.05) is 20.4 Å². The van der Waals surface area contributed by atoms with Crippen LogP contribution >= 0.6 is 27.5 Å². The van der Waals surface area contributed by atoms with Crippen molar-refractivity contribution in [2.45, 2.75) is 6.92 Å². The second kappa shape index (κ2) is 7.74. The predicted molar refractivity (Wildman–Crippen MR) is 119 cm³/mol. The molecule has 28 heavy (non-hydrogen) atoms. The number of anilines is 1. The predicted octanol–water partition coefficient (Wildman–Crippen LogP) is 6.88. The number of carbonyl (C=O) groups excluding carboxylic acids is 1. The minimum atomic E-state index is -0.168. The van der Waals surface area contributed by atoms with Crippen LogP contribution in [0.15, 0.2) is 77.3 Å². The lowest BCUT2D eigenvalue weighted by atomic mass is 9.97. The topological polar surface area (TPSA) is 42.0 Å². The Kier molecular flexibility index (Phi) is 5.16. The zero-order valence-corrected chi connectivity index (χ0v) is 17.4. The second-order valence-electron chi connectivity index (χ2n) is 6.42. The summed E-state index contributed by atoms with van der Waals surface area (Å²) >= 11 is 9.52. The van der Waals surface area contributed by atoms with E-state index in [1.54, 1.807) is 0 Å². The van der Waals surface area contributed by atoms with Crippen molar-refractivity contribution >= 4 is 50.0 Å². The number of benzene rings is 3. The van der Waals surface area contributed by atoms with Crippen LogP contribution in [-0.4, -0.2) is 10.9 Å². The number of nitrogens with one attached hydrogen (secondary N) is 1. The van der Waals surface area contributed by atoms with Gasteiger partial charge in [0.05, 0.1) is 22.5 Å². The van der Waals surface area contributed by atoms with Crippen LogP contribution in [0.1, 0.15) is 15.9 Å². The molecule has 0 spiro atoms. The third kappa shape index (κ3) is 3.53. The quantitative estimate of drug-likeness (QED) is 0.369. The average molecular weight is 452 g/mol. The number of hydrogen-bond acceptors (Lipinski definition) is 2. The Labute approximate surface area is 176 Å². The van der Waals surface area contributed by atoms with Gasteiger partial charge in [-0.25, -0.2) is 4.98 Å². The third-order valence-corrected chi connectivity index (χ3v) is 5.55. The molecule has 0 aliphatic rings. The fourth-order valence-corrected chi connectivity index (χ4v) is 3.75. The molecule has 0 radical (unpaired) electrons. The molecule has 0 saturated carbocycles. The van der Waals surface area contributed by atoms with Crippen molar-refractivity contribution in [3.8, 4) is 11.3 Å². The number of aromatic nitrogens is 1. The number of para-hydroxylation sites is 2. The Bertz CT molecular complexity index is 1190. The van der Waals surface area contributed by atoms with Crippen molar-refractivity contribution in [1.82, 2.24) is 4.98 Å². The molecular weight excluding hydrogens is 436 g/mol. The molecule has 4 aromatic rings. The summed E-state index contributed by atoms with van der Waals surface area (Å²) < 4.78 is 0.831. The molecule has 3 aromatic carbocycles. The molecule has 1 N–H and O–H groups in total. The van der Waals surface area contributed by atoms with Crippen molar-refractivity contribution < 1.29 is 4.79 Å². The van der Waals surface area contributed by atoms with Crippen LogP contribution < -0.4 is 5.32 Å². The number of halogens is 2. The highest BCUT2D eigenvalue weighted by molar-refractivity contribution is 9.10. The molecule has 0 unspecified atom stereocenters. The Balaban J connectivity index is 1.89. The van der Waals surface area contributed by atoms with Gasteiger partial charge in [0.1, 0.15) is 0 Å². The molecule has 138 valence electrons. The van der Waals surface area contributed by atoms with Crippen LogP contribution in [0.2, 0.25) is 5.02 Å². The smallest absolute Gasteiger partial charge is 0.256 e. The summed E-state index contributed by atoms with van der Waals surface area (Å²) in [7, 11) is 0. The Hall–Kier alpha value is -2.69. The van der Waals surface area contributed by atoms with E-state index in [0.29, 0.717) is 10.6 Å². The molecule has 0 atom stereocenters. The highest BCUT2D eigenvalue weighted by atomic mass is 79.9. The number of carbonyl (C=O) groups is 1. The molecule has 1 aromatic heterocycles. The summed E-state index contributed by atoms with van der Waals surface area (Å²) in [5, 5.41) is 4.50. The van der Waals surface area contributed by atoms with Crippen molar-refractivity contribution in [3.05, 3.63) is 93.4 Å². The first kappa shape index (κ1) is 18.7. The van der Waals surface area contributed by atoms with E-state index in [0.717, 1.165) is 37.9 Å². The molecular formula is C23H16BrClN2O. The SMILES string of the molecule is Cc1c(-c2ccc(Cl)cc2)nc2ccccc2c1C(=O)Nc1ccccc1Br. The number of hydrogen-bond donors (Lipinski definition) is 1. The number of amides is 1. The molecule has 0 fully saturated rings. The highest BCUT2D eigenvalue weighted by Gasteiger charge is 2.19. The average Bonchev–Trinajstić information content (AvgIpc) is 2.70. The largest absolute Gasteiger partial charge is 0.321 e. The van der Waals surface area contributed by atoms with E-state index in [1.165, 1.54) is 0 Å². The van der Waals surface area contributed by atoms with Crippen molar-refractivity contribution in [2.24, 2.45) is 0 Å². The number of pyridine rings is 1. The normalized spacial score (nSPS) is 10.8. The van der Waals surface area contributed by atoms with Gasteiger partial charge < -0.3 is 5.32 Å². The first-order valence-corrected chi connectivity index (χ1v) is 9.93. The molecule has 0 aliphatic heterocycles. The lowest BCUT2D eigenvalue weighted by Gasteiger charge is -2.15. The van der Waals surface area contributed by atoms with Gasteiger partial charge in [0.2, 0.25) is 0 Å². The van der Waals surface area contributed by atoms with Gasteiger partial charge in [0.25, 0.3) is 5.91 Å². The van der Waals surface area contributed by atoms with Crippen LogP contribution in [0.4, 0.5) is 5.69 Å². The zero-order valence-electron chi connectivity index (χ0n) is 15.0. The summed E-state index contributed by atoms with van der Waals surface area (Å²) in [5.74, 6) is -0.168. The van der Waals surface area contributed by atoms with Gasteiger partial charge in [0.15, 0.2) is 0 Å². The summed E-state index contributed by atoms with van der Waals surface area (Å²) in [6, 6.07) is 22.7. The van der Waals surface area contributed by atoms with Crippen LogP contribution in [-0.2, 0) is 0 Å². The first-order chi connectivity index (χ1) is 13.5. The molecule has 3 nitrogen and oxygen atoms in total. The van der Waals surface area contributed by atoms with Crippen LogP contribution in [0.25, 0.3) is 22.2 Å². The number of rotatable bonds is 3. The fourth-order valence-electron chi connectivity index (χ4n) is 3.24. The lowest BCUT2D eigenvalue weighted by Crippen LogP contribution is -2.15. The molecule has 1 amide bonds. The Morgan fingerprint density at radius 3 is 2.39 bits per heavy atom. The lowest BCUT2D eigenvalue weighted by molar-refractivity contribution is 0.102. The molecule has 0 aliphatic carbocycles. The Morgan fingerprint density at radius 2 is 1.64 bits per heavy atom. The maximum atomic E-state index is 13.3. The van der Waals surface area contributed by atoms with E-state index < -0.39 is 0 Å². The highest BCUT2D eigenvalue weighted by Crippen LogP contribution is 2.31. The van der Waals surface area contributed by atoms with Gasteiger partial charge in [-0.2, -0.15) is 0 Å². The van der Waals surface area contributed by atoms with E-state index in [9.17, 15) is 4.79 Å². The van der Waals surface area contributed by atoms with Gasteiger partial charge in [-0.15, -0.1) is 0 Å². The summed E-state index contributed by atoms with van der Waals surface area (Å²) in [5.41, 5.74) is 4.63. The maximum absolute atomic E-state index is 13.3. The maximum Gasteiger partial charge on any atom is 0.256 e. The minimum absolute atomic E-state index is 0.168. The molecule has 0 saturated heterocycles. The molecule has 5 heteroatoms. The monoisotopic (exact) mass is 450 g/mol. The standard InChI is InChI=1S/C23H16BrClN2O/c1-14-21(23(28)27-20-9-5-3-7-18(20)24)17-6-2-4-8-19(17)26-22(14)15-10-12-16(25)13-11-15/h2-13H,1H3,(H,27,28). The van der Waals surface area contributed by atoms with Crippen molar-refractivity contribution in [3.63, 3.8) is 0 Å². The van der Waals surface area contributed by atoms with E-state index in [4.69, 9.17) is 16.6 Å². The molecule has 4 rings (SSSR count). The van der Waals surface area contributed by atoms with Crippen LogP contribution in [0.5, 0.6) is 0 Å². The number of nitrogens with zero attached hydrogens (tertiary/aromatic N) is 1. The fraction of sp³-hybridized carbons (Fsp3) is 0.0435. The van der Waals surface area contributed by atoms with E-state index in [1.807, 2.05) is 79.7 Å². The third-order valence-electron chi connectivity index (χ3n) is 4.60. The van der Waals surface area contributed by atoms with Gasteiger partial charge in [-0.3, -0.25) is 4.79 Å². The van der Waals surface area contributed by atoms with E-state index in [2.05, 4.69) is 21.2 Å². The van der Waals surface area contributed by atoms with Gasteiger partial charge >= 0.3 is 0 Å². The number of fused-ring (bicyclic) bond motifs is 1. The zero-order chi connectivity index (χ0) is 19.7. The van der Waals surface area contributed by atoms with Crippen molar-refractivity contribution in [1.29, 1.82) is 0 Å². The van der Waals surface area contributed by atoms with Crippen LogP contribution in [0.3, 0.4) is 0 Å².